The van der Waals surface area contributed by atoms with Crippen LogP contribution in [0.3, 0.4) is 0 Å². The Balaban J connectivity index is 2.51. The van der Waals surface area contributed by atoms with E-state index >= 15 is 0 Å². The van der Waals surface area contributed by atoms with Gasteiger partial charge in [-0.15, -0.1) is 0 Å². The van der Waals surface area contributed by atoms with Gasteiger partial charge in [-0.3, -0.25) is 0 Å². The van der Waals surface area contributed by atoms with Crippen LogP contribution in [0.1, 0.15) is 6.42 Å². The number of sulfonamides is 1. The summed E-state index contributed by atoms with van der Waals surface area (Å²) >= 11 is 9.18. The monoisotopic (exact) mass is 368 g/mol. The molecule has 1 fully saturated rings. The number of nitrogens with two attached hydrogens (primary N) is 1. The summed E-state index contributed by atoms with van der Waals surface area (Å²) in [6, 6.07) is 2.86. The highest BCUT2D eigenvalue weighted by atomic mass is 79.9. The zero-order chi connectivity index (χ0) is 14.2. The second-order valence-electron chi connectivity index (χ2n) is 4.33. The van der Waals surface area contributed by atoms with Crippen LogP contribution < -0.4 is 10.5 Å². The third kappa shape index (κ3) is 2.90. The average molecular weight is 370 g/mol. The first-order chi connectivity index (χ1) is 8.86. The highest BCUT2D eigenvalue weighted by Gasteiger charge is 2.33. The number of halogens is 2. The van der Waals surface area contributed by atoms with Gasteiger partial charge in [-0.1, -0.05) is 11.6 Å². The molecule has 0 aromatic heterocycles. The summed E-state index contributed by atoms with van der Waals surface area (Å²) in [6.45, 7) is 0.729. The standard InChI is InChI=1S/C11H14BrClN2O3S/c1-18-11-9(12)4-7(13)5-10(11)19(16,17)15-3-2-8(14)6-15/h4-5,8H,2-3,6,14H2,1H3/t8-/m1/s1. The van der Waals surface area contributed by atoms with E-state index in [1.807, 2.05) is 0 Å². The van der Waals surface area contributed by atoms with E-state index in [0.29, 0.717) is 29.0 Å². The molecule has 1 saturated heterocycles. The van der Waals surface area contributed by atoms with Crippen molar-refractivity contribution < 1.29 is 13.2 Å². The van der Waals surface area contributed by atoms with Gasteiger partial charge in [0.15, 0.2) is 5.75 Å². The second-order valence-corrected chi connectivity index (χ2v) is 7.53. The molecule has 0 amide bonds. The van der Waals surface area contributed by atoms with Crippen molar-refractivity contribution in [2.45, 2.75) is 17.4 Å². The van der Waals surface area contributed by atoms with E-state index in [0.717, 1.165) is 0 Å². The Kier molecular flexibility index (Phi) is 4.42. The summed E-state index contributed by atoms with van der Waals surface area (Å²) in [7, 11) is -2.23. The molecule has 8 heteroatoms. The minimum atomic E-state index is -3.65. The van der Waals surface area contributed by atoms with Crippen LogP contribution in [0.15, 0.2) is 21.5 Å². The second kappa shape index (κ2) is 5.57. The molecule has 0 unspecified atom stereocenters. The topological polar surface area (TPSA) is 72.6 Å². The molecule has 1 heterocycles. The van der Waals surface area contributed by atoms with E-state index in [9.17, 15) is 8.42 Å². The molecule has 0 radical (unpaired) electrons. The Bertz CT molecular complexity index is 594. The lowest BCUT2D eigenvalue weighted by atomic mass is 10.3. The van der Waals surface area contributed by atoms with Crippen molar-refractivity contribution in [2.75, 3.05) is 20.2 Å². The van der Waals surface area contributed by atoms with Crippen molar-refractivity contribution in [2.24, 2.45) is 5.73 Å². The molecule has 0 bridgehead atoms. The van der Waals surface area contributed by atoms with E-state index in [1.54, 1.807) is 6.07 Å². The van der Waals surface area contributed by atoms with Crippen LogP contribution in [0.25, 0.3) is 0 Å². The van der Waals surface area contributed by atoms with Crippen molar-refractivity contribution in [3.8, 4) is 5.75 Å². The Morgan fingerprint density at radius 1 is 1.53 bits per heavy atom. The fourth-order valence-electron chi connectivity index (χ4n) is 2.04. The van der Waals surface area contributed by atoms with Crippen LogP contribution >= 0.6 is 27.5 Å². The van der Waals surface area contributed by atoms with E-state index < -0.39 is 10.0 Å². The third-order valence-corrected chi connectivity index (χ3v) is 5.66. The Morgan fingerprint density at radius 2 is 2.21 bits per heavy atom. The molecular weight excluding hydrogens is 356 g/mol. The first-order valence-electron chi connectivity index (χ1n) is 5.65. The zero-order valence-electron chi connectivity index (χ0n) is 10.3. The lowest BCUT2D eigenvalue weighted by Gasteiger charge is -2.18. The number of nitrogens with zero attached hydrogens (tertiary/aromatic N) is 1. The van der Waals surface area contributed by atoms with Crippen molar-refractivity contribution >= 4 is 37.6 Å². The summed E-state index contributed by atoms with van der Waals surface area (Å²) < 4.78 is 32.2. The van der Waals surface area contributed by atoms with Crippen molar-refractivity contribution in [1.29, 1.82) is 0 Å². The van der Waals surface area contributed by atoms with E-state index in [1.165, 1.54) is 17.5 Å². The smallest absolute Gasteiger partial charge is 0.246 e. The molecular formula is C11H14BrClN2O3S. The Hall–Kier alpha value is -0.340. The number of ether oxygens (including phenoxy) is 1. The Morgan fingerprint density at radius 3 is 2.74 bits per heavy atom. The number of methoxy groups -OCH3 is 1. The van der Waals surface area contributed by atoms with Crippen molar-refractivity contribution in [3.05, 3.63) is 21.6 Å². The first-order valence-corrected chi connectivity index (χ1v) is 8.26. The van der Waals surface area contributed by atoms with Crippen LogP contribution in [0.4, 0.5) is 0 Å². The fourth-order valence-corrected chi connectivity index (χ4v) is 4.92. The zero-order valence-corrected chi connectivity index (χ0v) is 13.4. The lowest BCUT2D eigenvalue weighted by Crippen LogP contribution is -2.32. The van der Waals surface area contributed by atoms with Gasteiger partial charge in [0.1, 0.15) is 4.90 Å². The van der Waals surface area contributed by atoms with Gasteiger partial charge in [-0.2, -0.15) is 4.31 Å². The van der Waals surface area contributed by atoms with Gasteiger partial charge in [-0.25, -0.2) is 8.42 Å². The first kappa shape index (κ1) is 15.1. The molecule has 5 nitrogen and oxygen atoms in total. The summed E-state index contributed by atoms with van der Waals surface area (Å²) in [5, 5.41) is 0.328. The molecule has 2 rings (SSSR count). The van der Waals surface area contributed by atoms with Gasteiger partial charge in [0, 0.05) is 24.2 Å². The fraction of sp³-hybridized carbons (Fsp3) is 0.455. The van der Waals surface area contributed by atoms with Gasteiger partial charge in [0.25, 0.3) is 0 Å². The van der Waals surface area contributed by atoms with Crippen LogP contribution in [0.5, 0.6) is 5.75 Å². The lowest BCUT2D eigenvalue weighted by molar-refractivity contribution is 0.395. The van der Waals surface area contributed by atoms with E-state index in [-0.39, 0.29) is 16.7 Å². The van der Waals surface area contributed by atoms with Crippen LogP contribution in [0, 0.1) is 0 Å². The molecule has 1 aromatic rings. The third-order valence-electron chi connectivity index (χ3n) is 2.98. The molecule has 2 N–H and O–H groups in total. The number of hydrogen-bond donors (Lipinski definition) is 1. The maximum atomic E-state index is 12.6. The van der Waals surface area contributed by atoms with Crippen LogP contribution in [-0.4, -0.2) is 39.0 Å². The quantitative estimate of drug-likeness (QED) is 0.882. The van der Waals surface area contributed by atoms with Gasteiger partial charge in [0.2, 0.25) is 10.0 Å². The highest BCUT2D eigenvalue weighted by molar-refractivity contribution is 9.10. The summed E-state index contributed by atoms with van der Waals surface area (Å²) in [5.41, 5.74) is 5.76. The summed E-state index contributed by atoms with van der Waals surface area (Å²) in [4.78, 5) is 0.0588. The van der Waals surface area contributed by atoms with Crippen LogP contribution in [-0.2, 0) is 10.0 Å². The van der Waals surface area contributed by atoms with Gasteiger partial charge in [-0.05, 0) is 34.5 Å². The van der Waals surface area contributed by atoms with E-state index in [2.05, 4.69) is 15.9 Å². The van der Waals surface area contributed by atoms with E-state index in [4.69, 9.17) is 22.1 Å². The molecule has 0 spiro atoms. The molecule has 1 atom stereocenters. The minimum absolute atomic E-state index is 0.0588. The molecule has 1 aromatic carbocycles. The summed E-state index contributed by atoms with van der Waals surface area (Å²) in [6.07, 6.45) is 0.656. The largest absolute Gasteiger partial charge is 0.494 e. The Labute approximate surface area is 125 Å². The molecule has 0 aliphatic carbocycles. The highest BCUT2D eigenvalue weighted by Crippen LogP contribution is 2.37. The summed E-state index contributed by atoms with van der Waals surface area (Å²) in [5.74, 6) is 0.255. The number of hydrogen-bond acceptors (Lipinski definition) is 4. The minimum Gasteiger partial charge on any atom is -0.494 e. The molecule has 1 aliphatic heterocycles. The molecule has 106 valence electrons. The molecule has 1 aliphatic rings. The van der Waals surface area contributed by atoms with Crippen molar-refractivity contribution in [1.82, 2.24) is 4.31 Å². The maximum absolute atomic E-state index is 12.6. The van der Waals surface area contributed by atoms with Gasteiger partial charge >= 0.3 is 0 Å². The number of rotatable bonds is 3. The van der Waals surface area contributed by atoms with Gasteiger partial charge < -0.3 is 10.5 Å². The normalized spacial score (nSPS) is 20.7. The molecule has 19 heavy (non-hydrogen) atoms. The van der Waals surface area contributed by atoms with Crippen LogP contribution in [0.2, 0.25) is 5.02 Å². The maximum Gasteiger partial charge on any atom is 0.246 e. The average Bonchev–Trinajstić information content (AvgIpc) is 2.75. The van der Waals surface area contributed by atoms with Gasteiger partial charge in [0.05, 0.1) is 11.6 Å². The number of benzene rings is 1. The molecule has 0 saturated carbocycles. The van der Waals surface area contributed by atoms with Crippen molar-refractivity contribution in [3.63, 3.8) is 0 Å². The predicted octanol–water partition coefficient (Wildman–Crippen LogP) is 1.83. The SMILES string of the molecule is COc1c(Br)cc(Cl)cc1S(=O)(=O)N1CC[C@@H](N)C1. The predicted molar refractivity (Wildman–Crippen MR) is 77.1 cm³/mol.